The van der Waals surface area contributed by atoms with Crippen molar-refractivity contribution < 1.29 is 14.3 Å². The molecule has 0 aliphatic carbocycles. The molecule has 2 amide bonds. The van der Waals surface area contributed by atoms with Gasteiger partial charge in [0.25, 0.3) is 5.91 Å². The minimum Gasteiger partial charge on any atom is -0.450 e. The Morgan fingerprint density at radius 2 is 2.29 bits per heavy atom. The molecule has 8 heteroatoms. The molecule has 2 heterocycles. The number of hydrogen-bond donors (Lipinski definition) is 1. The highest BCUT2D eigenvalue weighted by molar-refractivity contribution is 9.13. The van der Waals surface area contributed by atoms with Gasteiger partial charge in [-0.1, -0.05) is 0 Å². The maximum absolute atomic E-state index is 12.5. The summed E-state index contributed by atoms with van der Waals surface area (Å²) < 4.78 is 6.67. The highest BCUT2D eigenvalue weighted by atomic mass is 79.9. The zero-order chi connectivity index (χ0) is 15.4. The van der Waals surface area contributed by atoms with Crippen LogP contribution >= 0.6 is 43.2 Å². The van der Waals surface area contributed by atoms with Crippen molar-refractivity contribution in [1.82, 2.24) is 10.2 Å². The molecule has 1 aromatic heterocycles. The number of ether oxygens (including phenoxy) is 1. The van der Waals surface area contributed by atoms with E-state index in [4.69, 9.17) is 4.74 Å². The van der Waals surface area contributed by atoms with Crippen molar-refractivity contribution in [2.45, 2.75) is 25.8 Å². The predicted molar refractivity (Wildman–Crippen MR) is 88.8 cm³/mol. The van der Waals surface area contributed by atoms with Crippen LogP contribution in [0.25, 0.3) is 0 Å². The number of amides is 2. The number of piperidine rings is 1. The van der Waals surface area contributed by atoms with Crippen LogP contribution in [-0.4, -0.2) is 42.6 Å². The number of nitrogens with zero attached hydrogens (tertiary/aromatic N) is 1. The summed E-state index contributed by atoms with van der Waals surface area (Å²) in [4.78, 5) is 26.4. The molecule has 1 fully saturated rings. The first-order valence-electron chi connectivity index (χ1n) is 6.68. The first-order valence-corrected chi connectivity index (χ1v) is 9.09. The van der Waals surface area contributed by atoms with Crippen molar-refractivity contribution in [3.8, 4) is 0 Å². The number of carbonyl (C=O) groups is 2. The van der Waals surface area contributed by atoms with E-state index in [-0.39, 0.29) is 11.9 Å². The van der Waals surface area contributed by atoms with Gasteiger partial charge in [0.2, 0.25) is 0 Å². The normalized spacial score (nSPS) is 18.4. The Balaban J connectivity index is 1.97. The Hall–Kier alpha value is -0.600. The third-order valence-corrected chi connectivity index (χ3v) is 6.41. The molecule has 1 unspecified atom stereocenters. The molecule has 2 rings (SSSR count). The molecule has 1 N–H and O–H groups in total. The zero-order valence-electron chi connectivity index (χ0n) is 11.5. The first kappa shape index (κ1) is 16.8. The van der Waals surface area contributed by atoms with Crippen LogP contribution in [0.5, 0.6) is 0 Å². The average Bonchev–Trinajstić information content (AvgIpc) is 2.78. The Kier molecular flexibility index (Phi) is 6.07. The molecule has 1 aliphatic rings. The standard InChI is InChI=1S/C13H16Br2N2O3S/c1-2-20-13(19)16-8-4-3-5-17(7-8)12(18)10-6-9(14)11(15)21-10/h6,8H,2-5,7H2,1H3,(H,16,19). The number of carbonyl (C=O) groups excluding carboxylic acids is 2. The Bertz CT molecular complexity index is 516. The molecular weight excluding hydrogens is 424 g/mol. The molecule has 0 spiro atoms. The molecule has 0 saturated carbocycles. The van der Waals surface area contributed by atoms with Gasteiger partial charge in [0.1, 0.15) is 0 Å². The lowest BCUT2D eigenvalue weighted by atomic mass is 10.1. The second kappa shape index (κ2) is 7.60. The van der Waals surface area contributed by atoms with E-state index in [0.717, 1.165) is 21.1 Å². The van der Waals surface area contributed by atoms with Crippen LogP contribution in [0.15, 0.2) is 14.3 Å². The fraction of sp³-hybridized carbons (Fsp3) is 0.538. The molecule has 0 bridgehead atoms. The first-order chi connectivity index (χ1) is 10.0. The predicted octanol–water partition coefficient (Wildman–Crippen LogP) is 3.62. The van der Waals surface area contributed by atoms with Crippen LogP contribution in [0.3, 0.4) is 0 Å². The van der Waals surface area contributed by atoms with E-state index in [0.29, 0.717) is 24.6 Å². The van der Waals surface area contributed by atoms with Crippen LogP contribution in [0.1, 0.15) is 29.4 Å². The molecular formula is C13H16Br2N2O3S. The number of thiophene rings is 1. The zero-order valence-corrected chi connectivity index (χ0v) is 15.5. The number of rotatable bonds is 3. The van der Waals surface area contributed by atoms with E-state index >= 15 is 0 Å². The number of halogens is 2. The summed E-state index contributed by atoms with van der Waals surface area (Å²) in [6, 6.07) is 1.77. The maximum Gasteiger partial charge on any atom is 0.407 e. The molecule has 1 aliphatic heterocycles. The summed E-state index contributed by atoms with van der Waals surface area (Å²) >= 11 is 8.19. The minimum atomic E-state index is -0.418. The lowest BCUT2D eigenvalue weighted by Gasteiger charge is -2.32. The van der Waals surface area contributed by atoms with Crippen molar-refractivity contribution in [3.63, 3.8) is 0 Å². The summed E-state index contributed by atoms with van der Waals surface area (Å²) in [5.74, 6) is 0.00163. The van der Waals surface area contributed by atoms with E-state index in [2.05, 4.69) is 37.2 Å². The van der Waals surface area contributed by atoms with Crippen molar-refractivity contribution in [2.24, 2.45) is 0 Å². The van der Waals surface area contributed by atoms with Crippen LogP contribution in [0.4, 0.5) is 4.79 Å². The van der Waals surface area contributed by atoms with Gasteiger partial charge in [0.05, 0.1) is 15.3 Å². The van der Waals surface area contributed by atoms with Gasteiger partial charge in [-0.15, -0.1) is 11.3 Å². The molecule has 5 nitrogen and oxygen atoms in total. The molecule has 0 radical (unpaired) electrons. The Morgan fingerprint density at radius 3 is 2.90 bits per heavy atom. The molecule has 0 aromatic carbocycles. The summed E-state index contributed by atoms with van der Waals surface area (Å²) in [7, 11) is 0. The van der Waals surface area contributed by atoms with Crippen LogP contribution in [0.2, 0.25) is 0 Å². The van der Waals surface area contributed by atoms with E-state index in [1.807, 2.05) is 6.07 Å². The van der Waals surface area contributed by atoms with Crippen molar-refractivity contribution >= 4 is 55.2 Å². The Labute approximate surface area is 144 Å². The van der Waals surface area contributed by atoms with Gasteiger partial charge in [-0.3, -0.25) is 4.79 Å². The van der Waals surface area contributed by atoms with Crippen molar-refractivity contribution in [1.29, 1.82) is 0 Å². The Morgan fingerprint density at radius 1 is 1.52 bits per heavy atom. The SMILES string of the molecule is CCOC(=O)NC1CCCN(C(=O)c2cc(Br)c(Br)s2)C1. The number of likely N-dealkylation sites (tertiary alicyclic amines) is 1. The average molecular weight is 440 g/mol. The summed E-state index contributed by atoms with van der Waals surface area (Å²) in [5.41, 5.74) is 0. The van der Waals surface area contributed by atoms with Gasteiger partial charge in [-0.2, -0.15) is 0 Å². The molecule has 1 aromatic rings. The highest BCUT2D eigenvalue weighted by Crippen LogP contribution is 2.33. The van der Waals surface area contributed by atoms with Crippen LogP contribution < -0.4 is 5.32 Å². The quantitative estimate of drug-likeness (QED) is 0.782. The summed E-state index contributed by atoms with van der Waals surface area (Å²) in [5, 5.41) is 2.80. The van der Waals surface area contributed by atoms with Crippen LogP contribution in [-0.2, 0) is 4.74 Å². The van der Waals surface area contributed by atoms with Gasteiger partial charge in [0, 0.05) is 23.6 Å². The van der Waals surface area contributed by atoms with Gasteiger partial charge in [-0.05, 0) is 57.7 Å². The molecule has 21 heavy (non-hydrogen) atoms. The smallest absolute Gasteiger partial charge is 0.407 e. The van der Waals surface area contributed by atoms with Crippen molar-refractivity contribution in [2.75, 3.05) is 19.7 Å². The second-order valence-corrected chi connectivity index (χ2v) is 7.91. The largest absolute Gasteiger partial charge is 0.450 e. The van der Waals surface area contributed by atoms with Gasteiger partial charge < -0.3 is 15.0 Å². The lowest BCUT2D eigenvalue weighted by molar-refractivity contribution is 0.0691. The second-order valence-electron chi connectivity index (χ2n) is 4.69. The van der Waals surface area contributed by atoms with Gasteiger partial charge in [0.15, 0.2) is 0 Å². The number of nitrogens with one attached hydrogen (secondary N) is 1. The summed E-state index contributed by atoms with van der Waals surface area (Å²) in [6.07, 6.45) is 1.31. The number of hydrogen-bond acceptors (Lipinski definition) is 4. The maximum atomic E-state index is 12.5. The van der Waals surface area contributed by atoms with Crippen LogP contribution in [0, 0.1) is 0 Å². The van der Waals surface area contributed by atoms with E-state index in [1.165, 1.54) is 11.3 Å². The molecule has 116 valence electrons. The molecule has 1 atom stereocenters. The fourth-order valence-electron chi connectivity index (χ4n) is 2.23. The highest BCUT2D eigenvalue weighted by Gasteiger charge is 2.27. The third kappa shape index (κ3) is 4.43. The van der Waals surface area contributed by atoms with E-state index < -0.39 is 6.09 Å². The van der Waals surface area contributed by atoms with Crippen molar-refractivity contribution in [3.05, 3.63) is 19.2 Å². The third-order valence-electron chi connectivity index (χ3n) is 3.16. The fourth-order valence-corrected chi connectivity index (χ4v) is 4.23. The van der Waals surface area contributed by atoms with E-state index in [9.17, 15) is 9.59 Å². The minimum absolute atomic E-state index is 0.00163. The van der Waals surface area contributed by atoms with Gasteiger partial charge >= 0.3 is 6.09 Å². The van der Waals surface area contributed by atoms with Gasteiger partial charge in [-0.25, -0.2) is 4.79 Å². The number of alkyl carbamates (subject to hydrolysis) is 1. The van der Waals surface area contributed by atoms with E-state index in [1.54, 1.807) is 11.8 Å². The monoisotopic (exact) mass is 438 g/mol. The summed E-state index contributed by atoms with van der Waals surface area (Å²) in [6.45, 7) is 3.35. The lowest BCUT2D eigenvalue weighted by Crippen LogP contribution is -2.49. The topological polar surface area (TPSA) is 58.6 Å². The molecule has 1 saturated heterocycles.